The summed E-state index contributed by atoms with van der Waals surface area (Å²) in [6.07, 6.45) is -0.759. The second kappa shape index (κ2) is 5.30. The van der Waals surface area contributed by atoms with Crippen LogP contribution in [0.2, 0.25) is 0 Å². The summed E-state index contributed by atoms with van der Waals surface area (Å²) in [6, 6.07) is 13.5. The molecule has 0 saturated carbocycles. The molecule has 1 atom stereocenters. The summed E-state index contributed by atoms with van der Waals surface area (Å²) in [5.74, 6) is -0.326. The fourth-order valence-corrected chi connectivity index (χ4v) is 1.93. The van der Waals surface area contributed by atoms with Gasteiger partial charge in [0, 0.05) is 6.54 Å². The summed E-state index contributed by atoms with van der Waals surface area (Å²) in [5, 5.41) is 12.9. The molecular weight excluding hydrogens is 259 g/mol. The largest absolute Gasteiger partial charge is 0.424 e. The van der Waals surface area contributed by atoms with Crippen molar-refractivity contribution in [1.29, 1.82) is 0 Å². The van der Waals surface area contributed by atoms with Crippen LogP contribution in [0.15, 0.2) is 52.9 Å². The van der Waals surface area contributed by atoms with Gasteiger partial charge in [0.25, 0.3) is 6.01 Å². The van der Waals surface area contributed by atoms with Crippen LogP contribution < -0.4 is 5.32 Å². The number of halogens is 1. The van der Waals surface area contributed by atoms with Crippen LogP contribution in [-0.2, 0) is 0 Å². The molecule has 2 N–H and O–H groups in total. The van der Waals surface area contributed by atoms with Gasteiger partial charge in [-0.25, -0.2) is 4.39 Å². The lowest BCUT2D eigenvalue weighted by Gasteiger charge is -2.10. The summed E-state index contributed by atoms with van der Waals surface area (Å²) in [5.41, 5.74) is 2.08. The second-order valence-electron chi connectivity index (χ2n) is 4.43. The summed E-state index contributed by atoms with van der Waals surface area (Å²) < 4.78 is 18.3. The zero-order valence-corrected chi connectivity index (χ0v) is 10.6. The summed E-state index contributed by atoms with van der Waals surface area (Å²) in [6.45, 7) is 0.235. The Kier molecular flexibility index (Phi) is 3.35. The Morgan fingerprint density at radius 3 is 2.65 bits per heavy atom. The molecular formula is C15H13FN2O2. The van der Waals surface area contributed by atoms with Crippen LogP contribution in [0.25, 0.3) is 11.1 Å². The van der Waals surface area contributed by atoms with E-state index < -0.39 is 6.10 Å². The van der Waals surface area contributed by atoms with E-state index in [4.69, 9.17) is 4.42 Å². The average Bonchev–Trinajstić information content (AvgIpc) is 2.88. The highest BCUT2D eigenvalue weighted by molar-refractivity contribution is 5.74. The maximum Gasteiger partial charge on any atom is 0.295 e. The second-order valence-corrected chi connectivity index (χ2v) is 4.43. The van der Waals surface area contributed by atoms with Gasteiger partial charge in [-0.1, -0.05) is 24.3 Å². The van der Waals surface area contributed by atoms with Crippen molar-refractivity contribution in [2.75, 3.05) is 11.9 Å². The number of aliphatic hydroxyl groups excluding tert-OH is 1. The van der Waals surface area contributed by atoms with Gasteiger partial charge in [0.2, 0.25) is 0 Å². The number of hydrogen-bond acceptors (Lipinski definition) is 4. The summed E-state index contributed by atoms with van der Waals surface area (Å²) >= 11 is 0. The topological polar surface area (TPSA) is 58.3 Å². The first kappa shape index (κ1) is 12.6. The predicted octanol–water partition coefficient (Wildman–Crippen LogP) is 3.11. The third-order valence-electron chi connectivity index (χ3n) is 3.00. The molecule has 0 saturated heterocycles. The predicted molar refractivity (Wildman–Crippen MR) is 73.9 cm³/mol. The maximum atomic E-state index is 12.8. The van der Waals surface area contributed by atoms with Crippen molar-refractivity contribution < 1.29 is 13.9 Å². The van der Waals surface area contributed by atoms with Gasteiger partial charge in [0.1, 0.15) is 11.3 Å². The van der Waals surface area contributed by atoms with E-state index in [1.165, 1.54) is 12.1 Å². The van der Waals surface area contributed by atoms with Crippen LogP contribution in [-0.4, -0.2) is 16.6 Å². The van der Waals surface area contributed by atoms with Crippen molar-refractivity contribution in [3.8, 4) is 0 Å². The maximum absolute atomic E-state index is 12.8. The van der Waals surface area contributed by atoms with E-state index >= 15 is 0 Å². The van der Waals surface area contributed by atoms with E-state index in [0.717, 1.165) is 5.52 Å². The molecule has 0 bridgehead atoms. The Morgan fingerprint density at radius 1 is 1.15 bits per heavy atom. The van der Waals surface area contributed by atoms with Crippen LogP contribution in [0.3, 0.4) is 0 Å². The number of nitrogens with one attached hydrogen (secondary N) is 1. The van der Waals surface area contributed by atoms with Crippen molar-refractivity contribution in [3.05, 3.63) is 59.9 Å². The lowest BCUT2D eigenvalue weighted by Crippen LogP contribution is -2.12. The van der Waals surface area contributed by atoms with Gasteiger partial charge in [-0.2, -0.15) is 4.98 Å². The van der Waals surface area contributed by atoms with Crippen molar-refractivity contribution in [2.45, 2.75) is 6.10 Å². The van der Waals surface area contributed by atoms with Gasteiger partial charge in [-0.3, -0.25) is 0 Å². The van der Waals surface area contributed by atoms with Crippen LogP contribution in [0.5, 0.6) is 0 Å². The minimum Gasteiger partial charge on any atom is -0.424 e. The van der Waals surface area contributed by atoms with E-state index in [1.54, 1.807) is 12.1 Å². The molecule has 20 heavy (non-hydrogen) atoms. The third kappa shape index (κ3) is 2.62. The van der Waals surface area contributed by atoms with Crippen LogP contribution in [0.1, 0.15) is 11.7 Å². The van der Waals surface area contributed by atoms with E-state index in [1.807, 2.05) is 24.3 Å². The summed E-state index contributed by atoms with van der Waals surface area (Å²) in [4.78, 5) is 4.24. The van der Waals surface area contributed by atoms with E-state index in [9.17, 15) is 9.50 Å². The number of oxazole rings is 1. The molecule has 102 valence electrons. The highest BCUT2D eigenvalue weighted by Gasteiger charge is 2.10. The van der Waals surface area contributed by atoms with Gasteiger partial charge in [0.15, 0.2) is 5.58 Å². The van der Waals surface area contributed by atoms with E-state index in [-0.39, 0.29) is 12.4 Å². The highest BCUT2D eigenvalue weighted by atomic mass is 19.1. The first-order chi connectivity index (χ1) is 9.72. The quantitative estimate of drug-likeness (QED) is 0.766. The molecule has 0 unspecified atom stereocenters. The van der Waals surface area contributed by atoms with Crippen molar-refractivity contribution in [3.63, 3.8) is 0 Å². The number of fused-ring (bicyclic) bond motifs is 1. The molecule has 1 heterocycles. The minimum atomic E-state index is -0.759. The van der Waals surface area contributed by atoms with E-state index in [2.05, 4.69) is 10.3 Å². The lowest BCUT2D eigenvalue weighted by molar-refractivity contribution is 0.190. The molecule has 4 nitrogen and oxygen atoms in total. The van der Waals surface area contributed by atoms with Crippen molar-refractivity contribution in [1.82, 2.24) is 4.98 Å². The van der Waals surface area contributed by atoms with Crippen LogP contribution >= 0.6 is 0 Å². The number of aromatic nitrogens is 1. The number of benzene rings is 2. The Hall–Kier alpha value is -2.40. The lowest BCUT2D eigenvalue weighted by atomic mass is 10.1. The van der Waals surface area contributed by atoms with Crippen molar-refractivity contribution >= 4 is 17.1 Å². The zero-order chi connectivity index (χ0) is 13.9. The van der Waals surface area contributed by atoms with Gasteiger partial charge < -0.3 is 14.8 Å². The molecule has 0 radical (unpaired) electrons. The van der Waals surface area contributed by atoms with Gasteiger partial charge in [0.05, 0.1) is 6.10 Å². The number of anilines is 1. The molecule has 0 amide bonds. The standard InChI is InChI=1S/C15H13FN2O2/c16-11-7-5-10(6-8-11)13(19)9-17-15-18-12-3-1-2-4-14(12)20-15/h1-8,13,19H,9H2,(H,17,18)/t13-/m0/s1. The number of nitrogens with zero attached hydrogens (tertiary/aromatic N) is 1. The highest BCUT2D eigenvalue weighted by Crippen LogP contribution is 2.19. The fourth-order valence-electron chi connectivity index (χ4n) is 1.93. The number of hydrogen-bond donors (Lipinski definition) is 2. The smallest absolute Gasteiger partial charge is 0.295 e. The van der Waals surface area contributed by atoms with E-state index in [0.29, 0.717) is 17.2 Å². The molecule has 0 aliphatic heterocycles. The third-order valence-corrected chi connectivity index (χ3v) is 3.00. The van der Waals surface area contributed by atoms with Crippen molar-refractivity contribution in [2.24, 2.45) is 0 Å². The molecule has 0 aliphatic carbocycles. The number of rotatable bonds is 4. The molecule has 2 aromatic carbocycles. The van der Waals surface area contributed by atoms with Gasteiger partial charge in [-0.05, 0) is 29.8 Å². The number of aliphatic hydroxyl groups is 1. The van der Waals surface area contributed by atoms with Crippen LogP contribution in [0, 0.1) is 5.82 Å². The first-order valence-corrected chi connectivity index (χ1v) is 6.25. The molecule has 3 aromatic rings. The summed E-state index contributed by atoms with van der Waals surface area (Å²) in [7, 11) is 0. The Morgan fingerprint density at radius 2 is 1.90 bits per heavy atom. The Balaban J connectivity index is 1.68. The number of para-hydroxylation sites is 2. The SMILES string of the molecule is O[C@@H](CNc1nc2ccccc2o1)c1ccc(F)cc1. The Labute approximate surface area is 114 Å². The minimum absolute atomic E-state index is 0.235. The normalized spacial score (nSPS) is 12.5. The molecule has 1 aromatic heterocycles. The van der Waals surface area contributed by atoms with Crippen LogP contribution in [0.4, 0.5) is 10.4 Å². The first-order valence-electron chi connectivity index (χ1n) is 6.25. The molecule has 5 heteroatoms. The molecule has 0 aliphatic rings. The molecule has 3 rings (SSSR count). The molecule has 0 spiro atoms. The average molecular weight is 272 g/mol. The molecule has 0 fully saturated rings. The Bertz CT molecular complexity index is 676. The van der Waals surface area contributed by atoms with Gasteiger partial charge >= 0.3 is 0 Å². The monoisotopic (exact) mass is 272 g/mol. The zero-order valence-electron chi connectivity index (χ0n) is 10.6. The van der Waals surface area contributed by atoms with Gasteiger partial charge in [-0.15, -0.1) is 0 Å². The fraction of sp³-hybridized carbons (Fsp3) is 0.133.